The van der Waals surface area contributed by atoms with Crippen molar-refractivity contribution in [2.75, 3.05) is 5.32 Å². The van der Waals surface area contributed by atoms with Crippen LogP contribution in [0.15, 0.2) is 36.4 Å². The van der Waals surface area contributed by atoms with Crippen molar-refractivity contribution >= 4 is 44.2 Å². The standard InChI is InChI=1S/C16H11N3O5S/c1-8-2-4-10(15(21)22)11(6-8)14(20)18-16-17-12-5-3-9(19(23)24)7-13(12)25-16/h2-7H,1H3,(H,21,22)(H,17,18,20). The predicted molar refractivity (Wildman–Crippen MR) is 92.4 cm³/mol. The van der Waals surface area contributed by atoms with E-state index in [0.29, 0.717) is 10.2 Å². The fraction of sp³-hybridized carbons (Fsp3) is 0.0625. The van der Waals surface area contributed by atoms with Crippen molar-refractivity contribution in [3.05, 3.63) is 63.2 Å². The van der Waals surface area contributed by atoms with Crippen molar-refractivity contribution in [3.63, 3.8) is 0 Å². The summed E-state index contributed by atoms with van der Waals surface area (Å²) in [6.45, 7) is 1.75. The van der Waals surface area contributed by atoms with Crippen LogP contribution >= 0.6 is 11.3 Å². The van der Waals surface area contributed by atoms with E-state index in [4.69, 9.17) is 0 Å². The molecule has 1 amide bonds. The number of nitrogens with zero attached hydrogens (tertiary/aromatic N) is 2. The second-order valence-corrected chi connectivity index (χ2v) is 6.27. The number of carboxylic acid groups (broad SMARTS) is 1. The maximum atomic E-state index is 12.4. The number of nitrogens with one attached hydrogen (secondary N) is 1. The van der Waals surface area contributed by atoms with Crippen LogP contribution < -0.4 is 5.32 Å². The van der Waals surface area contributed by atoms with E-state index in [0.717, 1.165) is 16.9 Å². The highest BCUT2D eigenvalue weighted by atomic mass is 32.1. The number of carbonyl (C=O) groups is 2. The molecule has 0 unspecified atom stereocenters. The first-order chi connectivity index (χ1) is 11.8. The van der Waals surface area contributed by atoms with Crippen LogP contribution in [0.1, 0.15) is 26.3 Å². The van der Waals surface area contributed by atoms with Gasteiger partial charge in [0.1, 0.15) is 0 Å². The molecule has 2 N–H and O–H groups in total. The summed E-state index contributed by atoms with van der Waals surface area (Å²) < 4.78 is 0.548. The number of aryl methyl sites for hydroxylation is 1. The number of carbonyl (C=O) groups excluding carboxylic acids is 1. The van der Waals surface area contributed by atoms with Crippen molar-refractivity contribution in [3.8, 4) is 0 Å². The number of rotatable bonds is 4. The maximum absolute atomic E-state index is 12.4. The Hall–Kier alpha value is -3.33. The second-order valence-electron chi connectivity index (χ2n) is 5.24. The summed E-state index contributed by atoms with van der Waals surface area (Å²) in [6, 6.07) is 8.66. The number of fused-ring (bicyclic) bond motifs is 1. The summed E-state index contributed by atoms with van der Waals surface area (Å²) >= 11 is 1.08. The van der Waals surface area contributed by atoms with Gasteiger partial charge >= 0.3 is 5.97 Å². The van der Waals surface area contributed by atoms with Gasteiger partial charge in [-0.1, -0.05) is 23.0 Å². The van der Waals surface area contributed by atoms with Crippen molar-refractivity contribution in [1.29, 1.82) is 0 Å². The van der Waals surface area contributed by atoms with Gasteiger partial charge in [0.2, 0.25) is 0 Å². The maximum Gasteiger partial charge on any atom is 0.336 e. The number of benzene rings is 2. The van der Waals surface area contributed by atoms with E-state index < -0.39 is 16.8 Å². The molecule has 9 heteroatoms. The van der Waals surface area contributed by atoms with Crippen LogP contribution in [-0.2, 0) is 0 Å². The lowest BCUT2D eigenvalue weighted by Gasteiger charge is -2.06. The summed E-state index contributed by atoms with van der Waals surface area (Å²) in [5.74, 6) is -1.81. The van der Waals surface area contributed by atoms with E-state index in [1.807, 2.05) is 0 Å². The number of anilines is 1. The summed E-state index contributed by atoms with van der Waals surface area (Å²) in [6.07, 6.45) is 0. The summed E-state index contributed by atoms with van der Waals surface area (Å²) in [5.41, 5.74) is 1.10. The van der Waals surface area contributed by atoms with Crippen LogP contribution in [0.5, 0.6) is 0 Å². The van der Waals surface area contributed by atoms with Crippen molar-refractivity contribution in [1.82, 2.24) is 4.98 Å². The van der Waals surface area contributed by atoms with Gasteiger partial charge in [-0.15, -0.1) is 0 Å². The largest absolute Gasteiger partial charge is 0.478 e. The number of carboxylic acids is 1. The Morgan fingerprint density at radius 3 is 2.64 bits per heavy atom. The Bertz CT molecular complexity index is 1030. The first-order valence-corrected chi connectivity index (χ1v) is 7.87. The molecule has 0 fully saturated rings. The van der Waals surface area contributed by atoms with Crippen molar-refractivity contribution < 1.29 is 19.6 Å². The minimum absolute atomic E-state index is 0.0257. The molecule has 3 aromatic rings. The van der Waals surface area contributed by atoms with Gasteiger partial charge in [0, 0.05) is 12.1 Å². The molecule has 1 heterocycles. The molecule has 25 heavy (non-hydrogen) atoms. The monoisotopic (exact) mass is 357 g/mol. The number of nitro benzene ring substituents is 1. The number of aromatic carboxylic acids is 1. The van der Waals surface area contributed by atoms with Gasteiger partial charge in [0.15, 0.2) is 5.13 Å². The molecule has 8 nitrogen and oxygen atoms in total. The Balaban J connectivity index is 1.93. The third-order valence-corrected chi connectivity index (χ3v) is 4.39. The summed E-state index contributed by atoms with van der Waals surface area (Å²) in [5, 5.41) is 22.8. The Labute approximate surface area is 144 Å². The third-order valence-electron chi connectivity index (χ3n) is 3.45. The van der Waals surface area contributed by atoms with E-state index in [1.165, 1.54) is 30.3 Å². The normalized spacial score (nSPS) is 10.6. The molecule has 126 valence electrons. The molecule has 3 rings (SSSR count). The number of hydrogen-bond donors (Lipinski definition) is 2. The van der Waals surface area contributed by atoms with E-state index in [-0.39, 0.29) is 21.9 Å². The van der Waals surface area contributed by atoms with Crippen molar-refractivity contribution in [2.24, 2.45) is 0 Å². The topological polar surface area (TPSA) is 122 Å². The molecule has 0 radical (unpaired) electrons. The fourth-order valence-corrected chi connectivity index (χ4v) is 3.17. The zero-order chi connectivity index (χ0) is 18.1. The molecule has 2 aromatic carbocycles. The Kier molecular flexibility index (Phi) is 4.15. The zero-order valence-corrected chi connectivity index (χ0v) is 13.7. The number of non-ortho nitro benzene ring substituents is 1. The molecule has 0 aliphatic heterocycles. The predicted octanol–water partition coefficient (Wildman–Crippen LogP) is 3.46. The van der Waals surface area contributed by atoms with Crippen LogP contribution in [0, 0.1) is 17.0 Å². The van der Waals surface area contributed by atoms with Gasteiger partial charge in [-0.25, -0.2) is 9.78 Å². The molecule has 0 spiro atoms. The van der Waals surface area contributed by atoms with E-state index in [9.17, 15) is 24.8 Å². The van der Waals surface area contributed by atoms with E-state index >= 15 is 0 Å². The number of amides is 1. The molecule has 0 bridgehead atoms. The highest BCUT2D eigenvalue weighted by molar-refractivity contribution is 7.22. The first-order valence-electron chi connectivity index (χ1n) is 7.05. The number of hydrogen-bond acceptors (Lipinski definition) is 6. The zero-order valence-electron chi connectivity index (χ0n) is 12.8. The minimum atomic E-state index is -1.20. The lowest BCUT2D eigenvalue weighted by Crippen LogP contribution is -2.16. The lowest BCUT2D eigenvalue weighted by molar-refractivity contribution is -0.384. The van der Waals surface area contributed by atoms with Crippen LogP contribution in [0.2, 0.25) is 0 Å². The first kappa shape index (κ1) is 16.5. The number of thiazole rings is 1. The molecule has 0 saturated carbocycles. The van der Waals surface area contributed by atoms with Crippen LogP contribution in [0.25, 0.3) is 10.2 Å². The molecule has 0 aliphatic rings. The summed E-state index contributed by atoms with van der Waals surface area (Å²) in [4.78, 5) is 38.2. The molecule has 1 aromatic heterocycles. The van der Waals surface area contributed by atoms with E-state index in [1.54, 1.807) is 13.0 Å². The van der Waals surface area contributed by atoms with Gasteiger partial charge in [0.05, 0.1) is 26.3 Å². The summed E-state index contributed by atoms with van der Waals surface area (Å²) in [7, 11) is 0. The lowest BCUT2D eigenvalue weighted by atomic mass is 10.0. The molecule has 0 saturated heterocycles. The van der Waals surface area contributed by atoms with Crippen molar-refractivity contribution in [2.45, 2.75) is 6.92 Å². The third kappa shape index (κ3) is 3.31. The van der Waals surface area contributed by atoms with Gasteiger partial charge in [-0.05, 0) is 25.1 Å². The average Bonchev–Trinajstić information content (AvgIpc) is 2.95. The highest BCUT2D eigenvalue weighted by Gasteiger charge is 2.18. The van der Waals surface area contributed by atoms with Gasteiger partial charge in [-0.2, -0.15) is 0 Å². The minimum Gasteiger partial charge on any atom is -0.478 e. The van der Waals surface area contributed by atoms with Gasteiger partial charge < -0.3 is 5.11 Å². The number of nitro groups is 1. The average molecular weight is 357 g/mol. The Morgan fingerprint density at radius 1 is 1.20 bits per heavy atom. The highest BCUT2D eigenvalue weighted by Crippen LogP contribution is 2.29. The SMILES string of the molecule is Cc1ccc(C(=O)O)c(C(=O)Nc2nc3ccc([N+](=O)[O-])cc3s2)c1. The second kappa shape index (κ2) is 6.29. The van der Waals surface area contributed by atoms with Gasteiger partial charge in [0.25, 0.3) is 11.6 Å². The van der Waals surface area contributed by atoms with Crippen LogP contribution in [0.3, 0.4) is 0 Å². The smallest absolute Gasteiger partial charge is 0.336 e. The Morgan fingerprint density at radius 2 is 1.96 bits per heavy atom. The van der Waals surface area contributed by atoms with Gasteiger partial charge in [-0.3, -0.25) is 20.2 Å². The molecule has 0 aliphatic carbocycles. The molecular formula is C16H11N3O5S. The van der Waals surface area contributed by atoms with E-state index in [2.05, 4.69) is 10.3 Å². The van der Waals surface area contributed by atoms with Crippen LogP contribution in [-0.4, -0.2) is 26.9 Å². The quantitative estimate of drug-likeness (QED) is 0.544. The number of aromatic nitrogens is 1. The van der Waals surface area contributed by atoms with Crippen LogP contribution in [0.4, 0.5) is 10.8 Å². The molecule has 0 atom stereocenters. The molecular weight excluding hydrogens is 346 g/mol. The fourth-order valence-electron chi connectivity index (χ4n) is 2.28.